The molecule has 6 heteroatoms. The summed E-state index contributed by atoms with van der Waals surface area (Å²) in [6.45, 7) is 2.48. The lowest BCUT2D eigenvalue weighted by molar-refractivity contribution is 0.217. The molecule has 0 aliphatic rings. The fourth-order valence-corrected chi connectivity index (χ4v) is 2.63. The van der Waals surface area contributed by atoms with E-state index in [1.807, 2.05) is 31.2 Å². The van der Waals surface area contributed by atoms with E-state index in [0.717, 1.165) is 22.4 Å². The minimum atomic E-state index is -0.402. The van der Waals surface area contributed by atoms with Gasteiger partial charge in [0.2, 0.25) is 0 Å². The van der Waals surface area contributed by atoms with Gasteiger partial charge in [0.25, 0.3) is 0 Å². The first kappa shape index (κ1) is 17.2. The van der Waals surface area contributed by atoms with Crippen LogP contribution in [0, 0.1) is 6.92 Å². The normalized spacial score (nSPS) is 10.7. The van der Waals surface area contributed by atoms with E-state index in [-0.39, 0.29) is 0 Å². The van der Waals surface area contributed by atoms with Crippen LogP contribution in [0.4, 0.5) is 0 Å². The number of ether oxygens (including phenoxy) is 3. The van der Waals surface area contributed by atoms with Gasteiger partial charge in [-0.15, -0.1) is 0 Å². The largest absolute Gasteiger partial charge is 0.497 e. The van der Waals surface area contributed by atoms with Crippen molar-refractivity contribution in [2.75, 3.05) is 20.3 Å². The van der Waals surface area contributed by atoms with Crippen molar-refractivity contribution >= 4 is 22.6 Å². The highest BCUT2D eigenvalue weighted by molar-refractivity contribution is 6.32. The topological polar surface area (TPSA) is 57.9 Å². The summed E-state index contributed by atoms with van der Waals surface area (Å²) in [4.78, 5) is 11.5. The highest BCUT2D eigenvalue weighted by Gasteiger charge is 2.09. The zero-order chi connectivity index (χ0) is 17.8. The molecule has 3 aromatic rings. The standard InChI is InChI=1S/C19H17ClO5/c1-12-9-19(21)25-17-11-18(16(20)10-15(12)17)24-8-7-23-14-5-3-13(22-2)4-6-14/h3-6,9-11H,7-8H2,1-2H3. The second-order valence-electron chi connectivity index (χ2n) is 5.40. The van der Waals surface area contributed by atoms with Crippen molar-refractivity contribution in [1.29, 1.82) is 0 Å². The van der Waals surface area contributed by atoms with Gasteiger partial charge in [-0.1, -0.05) is 11.6 Å². The maximum Gasteiger partial charge on any atom is 0.336 e. The van der Waals surface area contributed by atoms with Crippen molar-refractivity contribution in [3.05, 3.63) is 63.5 Å². The molecule has 0 fully saturated rings. The van der Waals surface area contributed by atoms with Crippen LogP contribution in [0.25, 0.3) is 11.0 Å². The highest BCUT2D eigenvalue weighted by atomic mass is 35.5. The van der Waals surface area contributed by atoms with Crippen molar-refractivity contribution in [2.45, 2.75) is 6.92 Å². The monoisotopic (exact) mass is 360 g/mol. The minimum Gasteiger partial charge on any atom is -0.497 e. The maximum atomic E-state index is 11.5. The predicted molar refractivity (Wildman–Crippen MR) is 96.2 cm³/mol. The molecule has 3 rings (SSSR count). The van der Waals surface area contributed by atoms with E-state index in [1.54, 1.807) is 19.2 Å². The first-order valence-corrected chi connectivity index (χ1v) is 8.08. The quantitative estimate of drug-likeness (QED) is 0.486. The SMILES string of the molecule is COc1ccc(OCCOc2cc3oc(=O)cc(C)c3cc2Cl)cc1. The van der Waals surface area contributed by atoms with E-state index in [9.17, 15) is 4.79 Å². The fraction of sp³-hybridized carbons (Fsp3) is 0.211. The first-order chi connectivity index (χ1) is 12.1. The van der Waals surface area contributed by atoms with Crippen LogP contribution < -0.4 is 19.8 Å². The average molecular weight is 361 g/mol. The number of benzene rings is 2. The van der Waals surface area contributed by atoms with Crippen molar-refractivity contribution < 1.29 is 18.6 Å². The summed E-state index contributed by atoms with van der Waals surface area (Å²) in [6, 6.07) is 12.1. The van der Waals surface area contributed by atoms with E-state index in [4.69, 9.17) is 30.2 Å². The summed E-state index contributed by atoms with van der Waals surface area (Å²) >= 11 is 6.24. The number of hydrogen-bond acceptors (Lipinski definition) is 5. The Morgan fingerprint density at radius 1 is 1.00 bits per heavy atom. The molecule has 0 bridgehead atoms. The lowest BCUT2D eigenvalue weighted by Gasteiger charge is -2.11. The highest BCUT2D eigenvalue weighted by Crippen LogP contribution is 2.31. The van der Waals surface area contributed by atoms with Crippen LogP contribution in [0.1, 0.15) is 5.56 Å². The Morgan fingerprint density at radius 2 is 1.68 bits per heavy atom. The molecular formula is C19H17ClO5. The van der Waals surface area contributed by atoms with Gasteiger partial charge in [-0.05, 0) is 42.8 Å². The minimum absolute atomic E-state index is 0.299. The van der Waals surface area contributed by atoms with Crippen molar-refractivity contribution in [3.8, 4) is 17.2 Å². The molecule has 5 nitrogen and oxygen atoms in total. The summed E-state index contributed by atoms with van der Waals surface area (Å²) in [5, 5.41) is 1.24. The molecule has 0 saturated carbocycles. The molecule has 0 aliphatic heterocycles. The second-order valence-corrected chi connectivity index (χ2v) is 5.81. The second kappa shape index (κ2) is 7.49. The number of aryl methyl sites for hydroxylation is 1. The Morgan fingerprint density at radius 3 is 2.40 bits per heavy atom. The molecule has 0 amide bonds. The molecule has 2 aromatic carbocycles. The molecular weight excluding hydrogens is 344 g/mol. The third-order valence-corrected chi connectivity index (χ3v) is 3.97. The Hall–Kier alpha value is -2.66. The molecule has 0 atom stereocenters. The molecule has 130 valence electrons. The first-order valence-electron chi connectivity index (χ1n) is 7.70. The van der Waals surface area contributed by atoms with Crippen LogP contribution in [0.5, 0.6) is 17.2 Å². The summed E-state index contributed by atoms with van der Waals surface area (Å²) in [5.41, 5.74) is 0.851. The Labute approximate surface area is 149 Å². The van der Waals surface area contributed by atoms with Gasteiger partial charge in [0, 0.05) is 17.5 Å². The third kappa shape index (κ3) is 4.06. The molecule has 0 aliphatic carbocycles. The number of halogens is 1. The summed E-state index contributed by atoms with van der Waals surface area (Å²) in [6.07, 6.45) is 0. The van der Waals surface area contributed by atoms with E-state index in [0.29, 0.717) is 29.6 Å². The predicted octanol–water partition coefficient (Wildman–Crippen LogP) is 4.22. The molecule has 1 heterocycles. The van der Waals surface area contributed by atoms with Crippen LogP contribution >= 0.6 is 11.6 Å². The number of methoxy groups -OCH3 is 1. The zero-order valence-corrected chi connectivity index (χ0v) is 14.6. The van der Waals surface area contributed by atoms with Gasteiger partial charge in [-0.3, -0.25) is 0 Å². The molecule has 0 N–H and O–H groups in total. The van der Waals surface area contributed by atoms with Gasteiger partial charge in [-0.25, -0.2) is 4.79 Å². The van der Waals surface area contributed by atoms with Crippen molar-refractivity contribution in [3.63, 3.8) is 0 Å². The van der Waals surface area contributed by atoms with E-state index in [2.05, 4.69) is 0 Å². The van der Waals surface area contributed by atoms with Gasteiger partial charge < -0.3 is 18.6 Å². The third-order valence-electron chi connectivity index (χ3n) is 3.67. The van der Waals surface area contributed by atoms with E-state index < -0.39 is 5.63 Å². The lowest BCUT2D eigenvalue weighted by atomic mass is 10.1. The van der Waals surface area contributed by atoms with E-state index >= 15 is 0 Å². The van der Waals surface area contributed by atoms with Crippen molar-refractivity contribution in [1.82, 2.24) is 0 Å². The van der Waals surface area contributed by atoms with Crippen LogP contribution in [0.3, 0.4) is 0 Å². The number of rotatable bonds is 6. The molecule has 25 heavy (non-hydrogen) atoms. The smallest absolute Gasteiger partial charge is 0.336 e. The van der Waals surface area contributed by atoms with E-state index in [1.165, 1.54) is 6.07 Å². The summed E-state index contributed by atoms with van der Waals surface area (Å²) < 4.78 is 21.5. The molecule has 0 spiro atoms. The molecule has 0 radical (unpaired) electrons. The van der Waals surface area contributed by atoms with Gasteiger partial charge >= 0.3 is 5.63 Å². The fourth-order valence-electron chi connectivity index (χ4n) is 2.41. The molecule has 0 unspecified atom stereocenters. The van der Waals surface area contributed by atoms with Gasteiger partial charge in [0.1, 0.15) is 36.0 Å². The van der Waals surface area contributed by atoms with Crippen LogP contribution in [0.15, 0.2) is 51.7 Å². The Bertz CT molecular complexity index is 931. The average Bonchev–Trinajstić information content (AvgIpc) is 2.60. The van der Waals surface area contributed by atoms with Gasteiger partial charge in [-0.2, -0.15) is 0 Å². The lowest BCUT2D eigenvalue weighted by Crippen LogP contribution is -2.09. The Kier molecular flexibility index (Phi) is 5.14. The summed E-state index contributed by atoms with van der Waals surface area (Å²) in [5.74, 6) is 1.93. The van der Waals surface area contributed by atoms with Crippen LogP contribution in [0.2, 0.25) is 5.02 Å². The number of fused-ring (bicyclic) bond motifs is 1. The Balaban J connectivity index is 1.64. The number of hydrogen-bond donors (Lipinski definition) is 0. The zero-order valence-electron chi connectivity index (χ0n) is 13.9. The van der Waals surface area contributed by atoms with Crippen LogP contribution in [-0.4, -0.2) is 20.3 Å². The maximum absolute atomic E-state index is 11.5. The van der Waals surface area contributed by atoms with Crippen LogP contribution in [-0.2, 0) is 0 Å². The van der Waals surface area contributed by atoms with Gasteiger partial charge in [0.15, 0.2) is 0 Å². The van der Waals surface area contributed by atoms with Gasteiger partial charge in [0.05, 0.1) is 12.1 Å². The molecule has 0 saturated heterocycles. The summed E-state index contributed by atoms with van der Waals surface area (Å²) in [7, 11) is 1.61. The molecule has 1 aromatic heterocycles. The van der Waals surface area contributed by atoms with Crippen molar-refractivity contribution in [2.24, 2.45) is 0 Å².